The van der Waals surface area contributed by atoms with Crippen molar-refractivity contribution >= 4 is 65.3 Å². The third-order valence-electron chi connectivity index (χ3n) is 5.19. The molecule has 13 heteroatoms. The van der Waals surface area contributed by atoms with E-state index < -0.39 is 29.4 Å². The van der Waals surface area contributed by atoms with Crippen molar-refractivity contribution in [3.63, 3.8) is 0 Å². The predicted octanol–water partition coefficient (Wildman–Crippen LogP) is 7.43. The summed E-state index contributed by atoms with van der Waals surface area (Å²) in [6, 6.07) is 6.54. The van der Waals surface area contributed by atoms with Gasteiger partial charge < -0.3 is 9.47 Å². The topological polar surface area (TPSA) is 81.1 Å². The van der Waals surface area contributed by atoms with Crippen LogP contribution in [0.15, 0.2) is 41.5 Å². The van der Waals surface area contributed by atoms with Gasteiger partial charge in [0.15, 0.2) is 17.5 Å². The average molecular weight is 588 g/mol. The van der Waals surface area contributed by atoms with Crippen LogP contribution >= 0.6 is 35.7 Å². The molecule has 1 aromatic carbocycles. The van der Waals surface area contributed by atoms with E-state index in [0.717, 1.165) is 10.7 Å². The molecular weight excluding hydrogens is 563 g/mol. The van der Waals surface area contributed by atoms with Gasteiger partial charge in [0, 0.05) is 17.0 Å². The summed E-state index contributed by atoms with van der Waals surface area (Å²) in [5.74, 6) is -1.08. The van der Waals surface area contributed by atoms with E-state index in [9.17, 15) is 17.5 Å². The molecule has 1 amide bonds. The number of aromatic nitrogens is 1. The maximum atomic E-state index is 14.8. The van der Waals surface area contributed by atoms with E-state index in [1.807, 2.05) is 0 Å². The first-order valence-electron chi connectivity index (χ1n) is 11.3. The molecule has 1 aromatic heterocycles. The van der Waals surface area contributed by atoms with Gasteiger partial charge >= 0.3 is 6.09 Å². The molecular formula is C25H25ClF3N3O4S2. The van der Waals surface area contributed by atoms with E-state index in [0.29, 0.717) is 17.1 Å². The number of rotatable bonds is 5. The van der Waals surface area contributed by atoms with Crippen LogP contribution in [-0.2, 0) is 14.3 Å². The van der Waals surface area contributed by atoms with Crippen LogP contribution in [0.3, 0.4) is 0 Å². The van der Waals surface area contributed by atoms with Gasteiger partial charge in [-0.3, -0.25) is 14.8 Å². The standard InChI is InChI=1S/C23H21ClF3N3O2S2.C2H4O2/c1-23(2,3)32-22(31)30(34-27)21-29-20(15-10-19(15)33-21)14-8-12(4-6-16(14)25)9-17(26)18-7-5-13(24)11-28-18;1-4-2-3/h4-9,11,15,19-20H,10H2,1-3H3;2H,1H3/b17-9-;. The van der Waals surface area contributed by atoms with Gasteiger partial charge in [0.2, 0.25) is 0 Å². The smallest absolute Gasteiger partial charge is 0.428 e. The number of amidine groups is 1. The Hall–Kier alpha value is -2.70. The Bertz CT molecular complexity index is 1230. The van der Waals surface area contributed by atoms with Crippen LogP contribution in [0.2, 0.25) is 5.02 Å². The Morgan fingerprint density at radius 2 is 2.00 bits per heavy atom. The van der Waals surface area contributed by atoms with Crippen LogP contribution in [0, 0.1) is 11.7 Å². The highest BCUT2D eigenvalue weighted by Crippen LogP contribution is 2.56. The zero-order chi connectivity index (χ0) is 28.0. The Kier molecular flexibility index (Phi) is 10.1. The van der Waals surface area contributed by atoms with E-state index in [4.69, 9.17) is 21.1 Å². The maximum Gasteiger partial charge on any atom is 0.428 e. The van der Waals surface area contributed by atoms with E-state index in [-0.39, 0.29) is 39.9 Å². The molecule has 2 heterocycles. The van der Waals surface area contributed by atoms with Gasteiger partial charge in [0.05, 0.1) is 23.9 Å². The van der Waals surface area contributed by atoms with Gasteiger partial charge in [-0.15, -0.1) is 3.89 Å². The summed E-state index contributed by atoms with van der Waals surface area (Å²) in [6.45, 7) is 5.40. The normalized spacial score (nSPS) is 20.3. The lowest BCUT2D eigenvalue weighted by molar-refractivity contribution is -0.126. The summed E-state index contributed by atoms with van der Waals surface area (Å²) in [5, 5.41) is 0.570. The third kappa shape index (κ3) is 7.90. The number of benzene rings is 1. The van der Waals surface area contributed by atoms with Crippen LogP contribution < -0.4 is 0 Å². The van der Waals surface area contributed by atoms with Gasteiger partial charge in [-0.25, -0.2) is 13.6 Å². The van der Waals surface area contributed by atoms with Crippen molar-refractivity contribution in [1.29, 1.82) is 0 Å². The highest BCUT2D eigenvalue weighted by Gasteiger charge is 2.50. The number of pyridine rings is 1. The fraction of sp³-hybridized carbons (Fsp3) is 0.360. The minimum Gasteiger partial charge on any atom is -0.471 e. The number of thioether (sulfide) groups is 1. The second kappa shape index (κ2) is 12.9. The molecule has 2 aliphatic rings. The van der Waals surface area contributed by atoms with Gasteiger partial charge in [-0.1, -0.05) is 29.4 Å². The molecule has 38 heavy (non-hydrogen) atoms. The summed E-state index contributed by atoms with van der Waals surface area (Å²) >= 11 is 6.76. The minimum atomic E-state index is -0.890. The Labute approximate surface area is 232 Å². The maximum absolute atomic E-state index is 14.8. The molecule has 3 atom stereocenters. The van der Waals surface area contributed by atoms with Crippen molar-refractivity contribution in [2.45, 2.75) is 44.1 Å². The predicted molar refractivity (Wildman–Crippen MR) is 144 cm³/mol. The van der Waals surface area contributed by atoms with E-state index >= 15 is 0 Å². The fourth-order valence-corrected chi connectivity index (χ4v) is 5.28. The fourth-order valence-electron chi connectivity index (χ4n) is 3.49. The molecule has 2 aromatic rings. The number of hydrogen-bond donors (Lipinski definition) is 0. The molecule has 204 valence electrons. The zero-order valence-electron chi connectivity index (χ0n) is 20.9. The van der Waals surface area contributed by atoms with Gasteiger partial charge in [-0.05, 0) is 69.0 Å². The summed E-state index contributed by atoms with van der Waals surface area (Å²) in [6.07, 6.45) is 2.43. The van der Waals surface area contributed by atoms with E-state index in [2.05, 4.69) is 14.7 Å². The number of hydrogen-bond acceptors (Lipinski definition) is 8. The molecule has 1 saturated carbocycles. The first-order chi connectivity index (χ1) is 18.0. The third-order valence-corrected chi connectivity index (χ3v) is 7.34. The lowest BCUT2D eigenvalue weighted by atomic mass is 9.99. The highest BCUT2D eigenvalue weighted by molar-refractivity contribution is 8.15. The average Bonchev–Trinajstić information content (AvgIpc) is 3.64. The van der Waals surface area contributed by atoms with Gasteiger partial charge in [-0.2, -0.15) is 4.31 Å². The Balaban J connectivity index is 0.000000934. The zero-order valence-corrected chi connectivity index (χ0v) is 23.2. The molecule has 1 aliphatic heterocycles. The summed E-state index contributed by atoms with van der Waals surface area (Å²) in [4.78, 5) is 29.9. The van der Waals surface area contributed by atoms with Gasteiger partial charge in [0.25, 0.3) is 6.47 Å². The minimum absolute atomic E-state index is 0.0374. The molecule has 0 saturated heterocycles. The number of methoxy groups -OCH3 is 1. The lowest BCUT2D eigenvalue weighted by Gasteiger charge is -2.27. The number of fused-ring (bicyclic) bond motifs is 1. The van der Waals surface area contributed by atoms with E-state index in [1.165, 1.54) is 61.5 Å². The molecule has 0 radical (unpaired) electrons. The largest absolute Gasteiger partial charge is 0.471 e. The van der Waals surface area contributed by atoms with Crippen LogP contribution in [-0.4, -0.2) is 45.0 Å². The molecule has 1 fully saturated rings. The Morgan fingerprint density at radius 1 is 1.29 bits per heavy atom. The van der Waals surface area contributed by atoms with Crippen molar-refractivity contribution < 1.29 is 31.7 Å². The number of nitrogens with zero attached hydrogens (tertiary/aromatic N) is 3. The number of ether oxygens (including phenoxy) is 2. The molecule has 4 rings (SSSR count). The molecule has 1 aliphatic carbocycles. The lowest BCUT2D eigenvalue weighted by Crippen LogP contribution is -2.36. The molecule has 7 nitrogen and oxygen atoms in total. The van der Waals surface area contributed by atoms with Crippen molar-refractivity contribution in [2.75, 3.05) is 7.11 Å². The molecule has 0 bridgehead atoms. The number of carbonyl (C=O) groups excluding carboxylic acids is 2. The second-order valence-corrected chi connectivity index (χ2v) is 11.4. The van der Waals surface area contributed by atoms with Crippen molar-refractivity contribution in [2.24, 2.45) is 10.9 Å². The van der Waals surface area contributed by atoms with Crippen molar-refractivity contribution in [1.82, 2.24) is 9.29 Å². The van der Waals surface area contributed by atoms with E-state index in [1.54, 1.807) is 20.8 Å². The number of halogens is 4. The highest BCUT2D eigenvalue weighted by atomic mass is 35.5. The van der Waals surface area contributed by atoms with Crippen LogP contribution in [0.25, 0.3) is 11.9 Å². The number of carbonyl (C=O) groups is 2. The first-order valence-corrected chi connectivity index (χ1v) is 13.2. The van der Waals surface area contributed by atoms with Crippen LogP contribution in [0.4, 0.5) is 17.5 Å². The van der Waals surface area contributed by atoms with Gasteiger partial charge in [0.1, 0.15) is 17.2 Å². The summed E-state index contributed by atoms with van der Waals surface area (Å²) < 4.78 is 53.1. The Morgan fingerprint density at radius 3 is 2.58 bits per heavy atom. The second-order valence-electron chi connectivity index (χ2n) is 9.22. The SMILES string of the molecule is CC(C)(C)OC(=O)N(SF)C1=NC(c2cc(/C=C(\F)c3ccc(Cl)cn3)ccc2F)C2CC2S1.COC=O. The monoisotopic (exact) mass is 587 g/mol. The summed E-state index contributed by atoms with van der Waals surface area (Å²) in [5.41, 5.74) is -0.0482. The summed E-state index contributed by atoms with van der Waals surface area (Å²) in [7, 11) is 1.31. The van der Waals surface area contributed by atoms with Crippen molar-refractivity contribution in [3.05, 3.63) is 64.2 Å². The first kappa shape index (κ1) is 29.9. The van der Waals surface area contributed by atoms with Crippen LogP contribution in [0.1, 0.15) is 50.1 Å². The number of aliphatic imine (C=N–C) groups is 1. The quantitative estimate of drug-likeness (QED) is 0.266. The number of amides is 1. The molecule has 3 unspecified atom stereocenters. The van der Waals surface area contributed by atoms with Crippen LogP contribution in [0.5, 0.6) is 0 Å². The van der Waals surface area contributed by atoms with Crippen molar-refractivity contribution in [3.8, 4) is 0 Å². The molecule has 0 N–H and O–H groups in total. The molecule has 0 spiro atoms.